The molecule has 5 nitrogen and oxygen atoms in total. The smallest absolute Gasteiger partial charge is 0.243 e. The van der Waals surface area contributed by atoms with Gasteiger partial charge in [0.05, 0.1) is 6.26 Å². The molecule has 0 spiro atoms. The first kappa shape index (κ1) is 21.8. The highest BCUT2D eigenvalue weighted by Gasteiger charge is 2.30. The van der Waals surface area contributed by atoms with Gasteiger partial charge in [-0.15, -0.1) is 0 Å². The number of sulfonamides is 1. The van der Waals surface area contributed by atoms with E-state index in [1.165, 1.54) is 7.05 Å². The number of carbonyl (C=O) groups is 1. The lowest BCUT2D eigenvalue weighted by atomic mass is 10.1. The van der Waals surface area contributed by atoms with Crippen LogP contribution in [0.25, 0.3) is 0 Å². The summed E-state index contributed by atoms with van der Waals surface area (Å²) in [6.45, 7) is 0.439. The van der Waals surface area contributed by atoms with Crippen molar-refractivity contribution in [2.75, 3.05) is 25.6 Å². The molecule has 1 N–H and O–H groups in total. The van der Waals surface area contributed by atoms with Gasteiger partial charge >= 0.3 is 0 Å². The predicted octanol–water partition coefficient (Wildman–Crippen LogP) is 3.32. The van der Waals surface area contributed by atoms with Crippen LogP contribution >= 0.6 is 23.4 Å². The number of nitrogens with one attached hydrogen (secondary N) is 1. The summed E-state index contributed by atoms with van der Waals surface area (Å²) in [6, 6.07) is 15.6. The largest absolute Gasteiger partial charge is 0.354 e. The summed E-state index contributed by atoms with van der Waals surface area (Å²) < 4.78 is 25.0. The third kappa shape index (κ3) is 6.53. The monoisotopic (exact) mass is 426 g/mol. The van der Waals surface area contributed by atoms with Crippen molar-refractivity contribution >= 4 is 39.3 Å². The van der Waals surface area contributed by atoms with Crippen LogP contribution in [0.2, 0.25) is 5.02 Å². The maximum Gasteiger partial charge on any atom is 0.243 e. The molecular weight excluding hydrogens is 404 g/mol. The first-order valence-electron chi connectivity index (χ1n) is 8.37. The molecule has 2 aromatic carbocycles. The van der Waals surface area contributed by atoms with Crippen LogP contribution in [0.1, 0.15) is 17.2 Å². The third-order valence-corrected chi connectivity index (χ3v) is 6.65. The Morgan fingerprint density at radius 3 is 2.41 bits per heavy atom. The topological polar surface area (TPSA) is 66.5 Å². The highest BCUT2D eigenvalue weighted by atomic mass is 35.5. The van der Waals surface area contributed by atoms with E-state index in [-0.39, 0.29) is 5.91 Å². The average Bonchev–Trinajstić information content (AvgIpc) is 2.63. The molecule has 8 heteroatoms. The van der Waals surface area contributed by atoms with E-state index in [2.05, 4.69) is 5.32 Å². The van der Waals surface area contributed by atoms with Crippen LogP contribution in [-0.2, 0) is 20.6 Å². The van der Waals surface area contributed by atoms with Crippen LogP contribution < -0.4 is 5.32 Å². The molecule has 0 aliphatic rings. The van der Waals surface area contributed by atoms with Gasteiger partial charge in [-0.2, -0.15) is 16.1 Å². The molecule has 146 valence electrons. The van der Waals surface area contributed by atoms with Crippen LogP contribution in [0.4, 0.5) is 0 Å². The molecule has 0 aliphatic heterocycles. The number of benzene rings is 2. The number of halogens is 1. The fourth-order valence-corrected chi connectivity index (χ4v) is 4.24. The molecule has 1 amide bonds. The number of amides is 1. The molecular formula is C19H23ClN2O3S2. The van der Waals surface area contributed by atoms with E-state index in [1.807, 2.05) is 30.3 Å². The number of hydrogen-bond donors (Lipinski definition) is 1. The number of hydrogen-bond acceptors (Lipinski definition) is 4. The van der Waals surface area contributed by atoms with Crippen molar-refractivity contribution in [2.45, 2.75) is 11.8 Å². The molecule has 27 heavy (non-hydrogen) atoms. The Morgan fingerprint density at radius 1 is 1.15 bits per heavy atom. The Labute approximate surface area is 170 Å². The van der Waals surface area contributed by atoms with E-state index in [0.717, 1.165) is 26.9 Å². The molecule has 0 radical (unpaired) electrons. The maximum absolute atomic E-state index is 12.7. The normalized spacial score (nSPS) is 12.7. The minimum atomic E-state index is -3.52. The lowest BCUT2D eigenvalue weighted by Gasteiger charge is -2.25. The van der Waals surface area contributed by atoms with Crippen LogP contribution in [-0.4, -0.2) is 44.2 Å². The van der Waals surface area contributed by atoms with Crippen molar-refractivity contribution < 1.29 is 13.2 Å². The van der Waals surface area contributed by atoms with E-state index in [1.54, 1.807) is 36.0 Å². The zero-order valence-electron chi connectivity index (χ0n) is 15.3. The zero-order valence-corrected chi connectivity index (χ0v) is 17.7. The van der Waals surface area contributed by atoms with Gasteiger partial charge in [0.15, 0.2) is 0 Å². The van der Waals surface area contributed by atoms with Crippen molar-refractivity contribution in [3.8, 4) is 0 Å². The van der Waals surface area contributed by atoms with Crippen molar-refractivity contribution in [1.82, 2.24) is 9.62 Å². The number of carbonyl (C=O) groups excluding carboxylic acids is 1. The molecule has 2 rings (SSSR count). The molecule has 1 atom stereocenters. The summed E-state index contributed by atoms with van der Waals surface area (Å²) in [5.74, 6) is 1.11. The molecule has 0 aromatic heterocycles. The summed E-state index contributed by atoms with van der Waals surface area (Å²) in [5, 5.41) is 3.57. The van der Waals surface area contributed by atoms with E-state index in [4.69, 9.17) is 11.6 Å². The second-order valence-corrected chi connectivity index (χ2v) is 9.58. The fourth-order valence-electron chi connectivity index (χ4n) is 2.49. The molecule has 0 bridgehead atoms. The minimum absolute atomic E-state index is 0.340. The summed E-state index contributed by atoms with van der Waals surface area (Å²) in [4.78, 5) is 12.7. The lowest BCUT2D eigenvalue weighted by Crippen LogP contribution is -2.41. The Hall–Kier alpha value is -1.54. The Kier molecular flexibility index (Phi) is 8.16. The van der Waals surface area contributed by atoms with Crippen molar-refractivity contribution in [1.29, 1.82) is 0 Å². The Bertz CT molecular complexity index is 860. The molecule has 0 fully saturated rings. The van der Waals surface area contributed by atoms with Crippen LogP contribution in [0, 0.1) is 0 Å². The first-order valence-corrected chi connectivity index (χ1v) is 11.8. The minimum Gasteiger partial charge on any atom is -0.354 e. The molecule has 0 heterocycles. The van der Waals surface area contributed by atoms with Crippen molar-refractivity contribution in [3.63, 3.8) is 0 Å². The summed E-state index contributed by atoms with van der Waals surface area (Å²) in [7, 11) is -2.10. The highest BCUT2D eigenvalue weighted by Crippen LogP contribution is 2.22. The first-order chi connectivity index (χ1) is 12.8. The molecule has 0 unspecified atom stereocenters. The van der Waals surface area contributed by atoms with Gasteiger partial charge in [-0.05, 0) is 17.2 Å². The SMILES string of the molecule is CN([C@@H](C(=O)NCCSCc1ccccc1Cl)c1ccccc1)S(C)(=O)=O. The van der Waals surface area contributed by atoms with Gasteiger partial charge in [-0.3, -0.25) is 4.79 Å². The zero-order chi connectivity index (χ0) is 19.9. The van der Waals surface area contributed by atoms with Crippen LogP contribution in [0.5, 0.6) is 0 Å². The van der Waals surface area contributed by atoms with E-state index < -0.39 is 16.1 Å². The van der Waals surface area contributed by atoms with E-state index in [0.29, 0.717) is 17.9 Å². The van der Waals surface area contributed by atoms with Gasteiger partial charge in [-0.1, -0.05) is 60.1 Å². The molecule has 0 saturated heterocycles. The van der Waals surface area contributed by atoms with Gasteiger partial charge in [0.2, 0.25) is 15.9 Å². The fraction of sp³-hybridized carbons (Fsp3) is 0.316. The molecule has 2 aromatic rings. The maximum atomic E-state index is 12.7. The van der Waals surface area contributed by atoms with Crippen molar-refractivity contribution in [3.05, 3.63) is 70.7 Å². The van der Waals surface area contributed by atoms with Crippen LogP contribution in [0.15, 0.2) is 54.6 Å². The van der Waals surface area contributed by atoms with E-state index in [9.17, 15) is 13.2 Å². The summed E-state index contributed by atoms with van der Waals surface area (Å²) >= 11 is 7.78. The van der Waals surface area contributed by atoms with Gasteiger partial charge in [0, 0.05) is 30.1 Å². The highest BCUT2D eigenvalue weighted by molar-refractivity contribution is 7.98. The summed E-state index contributed by atoms with van der Waals surface area (Å²) in [6.07, 6.45) is 1.09. The van der Waals surface area contributed by atoms with Crippen molar-refractivity contribution in [2.24, 2.45) is 0 Å². The van der Waals surface area contributed by atoms with Gasteiger partial charge < -0.3 is 5.32 Å². The average molecular weight is 427 g/mol. The number of thioether (sulfide) groups is 1. The predicted molar refractivity (Wildman–Crippen MR) is 112 cm³/mol. The van der Waals surface area contributed by atoms with Gasteiger partial charge in [0.25, 0.3) is 0 Å². The second kappa shape index (κ2) is 10.1. The molecule has 0 saturated carbocycles. The Balaban J connectivity index is 1.93. The van der Waals surface area contributed by atoms with E-state index >= 15 is 0 Å². The quantitative estimate of drug-likeness (QED) is 0.624. The number of likely N-dealkylation sites (N-methyl/N-ethyl adjacent to an activating group) is 1. The van der Waals surface area contributed by atoms with Gasteiger partial charge in [0.1, 0.15) is 6.04 Å². The lowest BCUT2D eigenvalue weighted by molar-refractivity contribution is -0.124. The number of rotatable bonds is 9. The molecule has 0 aliphatic carbocycles. The van der Waals surface area contributed by atoms with Crippen LogP contribution in [0.3, 0.4) is 0 Å². The Morgan fingerprint density at radius 2 is 1.78 bits per heavy atom. The van der Waals surface area contributed by atoms with Gasteiger partial charge in [-0.25, -0.2) is 8.42 Å². The second-order valence-electron chi connectivity index (χ2n) is 6.03. The third-order valence-electron chi connectivity index (χ3n) is 4.01. The number of nitrogens with zero attached hydrogens (tertiary/aromatic N) is 1. The standard InChI is InChI=1S/C19H23ClN2O3S2/c1-22(27(2,24)25)18(15-8-4-3-5-9-15)19(23)21-12-13-26-14-16-10-6-7-11-17(16)20/h3-11,18H,12-14H2,1-2H3,(H,21,23)/t18-/m1/s1. The summed E-state index contributed by atoms with van der Waals surface area (Å²) in [5.41, 5.74) is 1.68.